The smallest absolute Gasteiger partial charge is 0.251 e. The van der Waals surface area contributed by atoms with Gasteiger partial charge in [-0.3, -0.25) is 14.3 Å². The van der Waals surface area contributed by atoms with Crippen LogP contribution in [0.25, 0.3) is 0 Å². The maximum Gasteiger partial charge on any atom is 0.251 e. The number of carbonyl (C=O) groups is 2. The van der Waals surface area contributed by atoms with E-state index < -0.39 is 0 Å². The van der Waals surface area contributed by atoms with Crippen LogP contribution in [0.15, 0.2) is 42.6 Å². The Hall–Kier alpha value is -2.63. The van der Waals surface area contributed by atoms with E-state index in [1.807, 2.05) is 6.07 Å². The predicted octanol–water partition coefficient (Wildman–Crippen LogP) is 0.789. The average molecular weight is 258 g/mol. The molecule has 0 saturated heterocycles. The maximum atomic E-state index is 11.7. The van der Waals surface area contributed by atoms with Gasteiger partial charge in [0.2, 0.25) is 5.91 Å². The number of amides is 2. The molecular weight excluding hydrogens is 244 g/mol. The Morgan fingerprint density at radius 2 is 1.95 bits per heavy atom. The maximum absolute atomic E-state index is 11.7. The van der Waals surface area contributed by atoms with Crippen LogP contribution in [0.5, 0.6) is 0 Å². The Balaban J connectivity index is 1.82. The lowest BCUT2D eigenvalue weighted by Crippen LogP contribution is -2.32. The fraction of sp³-hybridized carbons (Fsp3) is 0.154. The summed E-state index contributed by atoms with van der Waals surface area (Å²) < 4.78 is 1.58. The Labute approximate surface area is 110 Å². The van der Waals surface area contributed by atoms with Crippen LogP contribution in [0, 0.1) is 0 Å². The molecule has 0 aliphatic carbocycles. The summed E-state index contributed by atoms with van der Waals surface area (Å²) in [5, 5.41) is 9.13. The van der Waals surface area contributed by atoms with Crippen molar-refractivity contribution in [3.8, 4) is 0 Å². The summed E-state index contributed by atoms with van der Waals surface area (Å²) in [5.74, 6) is -0.138. The van der Waals surface area contributed by atoms with Gasteiger partial charge in [-0.25, -0.2) is 0 Å². The number of aromatic nitrogens is 2. The lowest BCUT2D eigenvalue weighted by atomic mass is 10.2. The fourth-order valence-corrected chi connectivity index (χ4v) is 1.52. The highest BCUT2D eigenvalue weighted by Crippen LogP contribution is 2.00. The second kappa shape index (κ2) is 5.81. The van der Waals surface area contributed by atoms with Gasteiger partial charge in [0.25, 0.3) is 5.91 Å². The first kappa shape index (κ1) is 12.8. The topological polar surface area (TPSA) is 76.0 Å². The number of anilines is 1. The SMILES string of the molecule is Cn1ccc(NC(=O)CNC(=O)c2ccccc2)n1. The molecule has 1 aromatic heterocycles. The Morgan fingerprint density at radius 3 is 2.58 bits per heavy atom. The van der Waals surface area contributed by atoms with Crippen molar-refractivity contribution in [2.24, 2.45) is 7.05 Å². The summed E-state index contributed by atoms with van der Waals surface area (Å²) in [7, 11) is 1.76. The quantitative estimate of drug-likeness (QED) is 0.851. The van der Waals surface area contributed by atoms with Gasteiger partial charge in [0, 0.05) is 24.9 Å². The van der Waals surface area contributed by atoms with Crippen molar-refractivity contribution in [3.63, 3.8) is 0 Å². The monoisotopic (exact) mass is 258 g/mol. The van der Waals surface area contributed by atoms with Crippen molar-refractivity contribution in [1.29, 1.82) is 0 Å². The molecule has 0 unspecified atom stereocenters. The molecule has 6 heteroatoms. The van der Waals surface area contributed by atoms with E-state index in [0.717, 1.165) is 0 Å². The van der Waals surface area contributed by atoms with Crippen molar-refractivity contribution < 1.29 is 9.59 Å². The van der Waals surface area contributed by atoms with Crippen LogP contribution in [0.2, 0.25) is 0 Å². The van der Waals surface area contributed by atoms with Crippen molar-refractivity contribution in [1.82, 2.24) is 15.1 Å². The second-order valence-corrected chi connectivity index (χ2v) is 3.97. The summed E-state index contributed by atoms with van der Waals surface area (Å²) in [6, 6.07) is 10.4. The van der Waals surface area contributed by atoms with E-state index in [1.54, 1.807) is 48.3 Å². The van der Waals surface area contributed by atoms with E-state index in [4.69, 9.17) is 0 Å². The van der Waals surface area contributed by atoms with Gasteiger partial charge in [0.15, 0.2) is 5.82 Å². The molecular formula is C13H14N4O2. The first-order valence-corrected chi connectivity index (χ1v) is 5.78. The molecule has 0 atom stereocenters. The van der Waals surface area contributed by atoms with Gasteiger partial charge >= 0.3 is 0 Å². The highest BCUT2D eigenvalue weighted by Gasteiger charge is 2.08. The average Bonchev–Trinajstić information content (AvgIpc) is 2.82. The minimum absolute atomic E-state index is 0.0930. The molecule has 98 valence electrons. The van der Waals surface area contributed by atoms with Gasteiger partial charge in [-0.1, -0.05) is 18.2 Å². The number of nitrogens with one attached hydrogen (secondary N) is 2. The third-order valence-electron chi connectivity index (χ3n) is 2.43. The van der Waals surface area contributed by atoms with Crippen LogP contribution in [-0.4, -0.2) is 28.1 Å². The van der Waals surface area contributed by atoms with Gasteiger partial charge < -0.3 is 10.6 Å². The van der Waals surface area contributed by atoms with Crippen LogP contribution in [0.3, 0.4) is 0 Å². The van der Waals surface area contributed by atoms with Crippen LogP contribution in [0.4, 0.5) is 5.82 Å². The molecule has 0 radical (unpaired) electrons. The number of hydrogen-bond acceptors (Lipinski definition) is 3. The standard InChI is InChI=1S/C13H14N4O2/c1-17-8-7-11(16-17)15-12(18)9-14-13(19)10-5-3-2-4-6-10/h2-8H,9H2,1H3,(H,14,19)(H,15,16,18). The van der Waals surface area contributed by atoms with E-state index in [9.17, 15) is 9.59 Å². The summed E-state index contributed by atoms with van der Waals surface area (Å²) in [5.41, 5.74) is 0.521. The van der Waals surface area contributed by atoms with E-state index in [-0.39, 0.29) is 18.4 Å². The molecule has 2 rings (SSSR count). The number of hydrogen-bond donors (Lipinski definition) is 2. The van der Waals surface area contributed by atoms with E-state index in [2.05, 4.69) is 15.7 Å². The van der Waals surface area contributed by atoms with Gasteiger partial charge in [-0.2, -0.15) is 5.10 Å². The predicted molar refractivity (Wildman–Crippen MR) is 70.6 cm³/mol. The minimum Gasteiger partial charge on any atom is -0.343 e. The van der Waals surface area contributed by atoms with Crippen LogP contribution < -0.4 is 10.6 Å². The molecule has 19 heavy (non-hydrogen) atoms. The summed E-state index contributed by atoms with van der Waals surface area (Å²) in [4.78, 5) is 23.3. The zero-order valence-electron chi connectivity index (χ0n) is 10.5. The zero-order chi connectivity index (χ0) is 13.7. The van der Waals surface area contributed by atoms with Crippen molar-refractivity contribution in [3.05, 3.63) is 48.2 Å². The Bertz CT molecular complexity index is 577. The van der Waals surface area contributed by atoms with Gasteiger partial charge in [-0.15, -0.1) is 0 Å². The number of carbonyl (C=O) groups excluding carboxylic acids is 2. The van der Waals surface area contributed by atoms with Gasteiger partial charge in [-0.05, 0) is 12.1 Å². The molecule has 0 fully saturated rings. The lowest BCUT2D eigenvalue weighted by Gasteiger charge is -2.05. The van der Waals surface area contributed by atoms with E-state index in [0.29, 0.717) is 11.4 Å². The molecule has 0 bridgehead atoms. The van der Waals surface area contributed by atoms with Gasteiger partial charge in [0.05, 0.1) is 6.54 Å². The number of nitrogens with zero attached hydrogens (tertiary/aromatic N) is 2. The third-order valence-corrected chi connectivity index (χ3v) is 2.43. The fourth-order valence-electron chi connectivity index (χ4n) is 1.52. The van der Waals surface area contributed by atoms with E-state index in [1.165, 1.54) is 0 Å². The highest BCUT2D eigenvalue weighted by atomic mass is 16.2. The molecule has 0 spiro atoms. The van der Waals surface area contributed by atoms with E-state index >= 15 is 0 Å². The molecule has 6 nitrogen and oxygen atoms in total. The first-order chi connectivity index (χ1) is 9.15. The summed E-state index contributed by atoms with van der Waals surface area (Å²) in [6.07, 6.45) is 1.72. The number of rotatable bonds is 4. The molecule has 0 aliphatic heterocycles. The summed E-state index contributed by atoms with van der Waals surface area (Å²) in [6.45, 7) is -0.0930. The molecule has 1 heterocycles. The van der Waals surface area contributed by atoms with Crippen LogP contribution >= 0.6 is 0 Å². The summed E-state index contributed by atoms with van der Waals surface area (Å²) >= 11 is 0. The lowest BCUT2D eigenvalue weighted by molar-refractivity contribution is -0.115. The van der Waals surface area contributed by atoms with Gasteiger partial charge in [0.1, 0.15) is 0 Å². The zero-order valence-corrected chi connectivity index (χ0v) is 10.5. The number of benzene rings is 1. The molecule has 2 amide bonds. The largest absolute Gasteiger partial charge is 0.343 e. The second-order valence-electron chi connectivity index (χ2n) is 3.97. The van der Waals surface area contributed by atoms with Crippen LogP contribution in [0.1, 0.15) is 10.4 Å². The molecule has 0 saturated carbocycles. The molecule has 1 aromatic carbocycles. The highest BCUT2D eigenvalue weighted by molar-refractivity contribution is 5.98. The van der Waals surface area contributed by atoms with Crippen molar-refractivity contribution >= 4 is 17.6 Å². The molecule has 2 aromatic rings. The first-order valence-electron chi connectivity index (χ1n) is 5.78. The Morgan fingerprint density at radius 1 is 1.21 bits per heavy atom. The number of aryl methyl sites for hydroxylation is 1. The minimum atomic E-state index is -0.317. The third kappa shape index (κ3) is 3.67. The molecule has 2 N–H and O–H groups in total. The molecule has 0 aliphatic rings. The van der Waals surface area contributed by atoms with Crippen LogP contribution in [-0.2, 0) is 11.8 Å². The van der Waals surface area contributed by atoms with Crippen molar-refractivity contribution in [2.75, 3.05) is 11.9 Å². The van der Waals surface area contributed by atoms with Crippen molar-refractivity contribution in [2.45, 2.75) is 0 Å². The normalized spacial score (nSPS) is 9.95. The Kier molecular flexibility index (Phi) is 3.92.